The van der Waals surface area contributed by atoms with E-state index in [0.29, 0.717) is 30.8 Å². The van der Waals surface area contributed by atoms with E-state index < -0.39 is 10.0 Å². The fraction of sp³-hybridized carbons (Fsp3) is 0.409. The lowest BCUT2D eigenvalue weighted by Crippen LogP contribution is -2.44. The zero-order chi connectivity index (χ0) is 19.9. The number of nitrogens with zero attached hydrogens (tertiary/aromatic N) is 2. The zero-order valence-electron chi connectivity index (χ0n) is 16.4. The van der Waals surface area contributed by atoms with Gasteiger partial charge in [0.05, 0.1) is 4.90 Å². The highest BCUT2D eigenvalue weighted by Gasteiger charge is 2.36. The van der Waals surface area contributed by atoms with E-state index in [1.165, 1.54) is 9.87 Å². The fourth-order valence-corrected chi connectivity index (χ4v) is 6.03. The predicted molar refractivity (Wildman–Crippen MR) is 110 cm³/mol. The van der Waals surface area contributed by atoms with Crippen molar-refractivity contribution in [2.45, 2.75) is 38.0 Å². The molecule has 1 saturated heterocycles. The second-order valence-corrected chi connectivity index (χ2v) is 9.72. The number of anilines is 1. The number of carbonyl (C=O) groups is 1. The lowest BCUT2D eigenvalue weighted by atomic mass is 9.96. The molecule has 6 heteroatoms. The van der Waals surface area contributed by atoms with Crippen molar-refractivity contribution in [1.82, 2.24) is 4.31 Å². The van der Waals surface area contributed by atoms with Crippen molar-refractivity contribution in [3.63, 3.8) is 0 Å². The Labute approximate surface area is 167 Å². The van der Waals surface area contributed by atoms with E-state index in [9.17, 15) is 13.2 Å². The normalized spacial score (nSPS) is 18.3. The van der Waals surface area contributed by atoms with E-state index in [1.54, 1.807) is 6.07 Å². The standard InChI is InChI=1S/C22H26N2O3S/c1-16-7-8-17(2)21(15-16)28(26,27)23-12-9-19(10-13-23)22(25)24-14-11-18-5-3-4-6-20(18)24/h3-8,15,19H,9-14H2,1-2H3. The Morgan fingerprint density at radius 2 is 1.71 bits per heavy atom. The van der Waals surface area contributed by atoms with Crippen LogP contribution in [0.5, 0.6) is 0 Å². The van der Waals surface area contributed by atoms with Crippen LogP contribution < -0.4 is 4.90 Å². The topological polar surface area (TPSA) is 57.7 Å². The highest BCUT2D eigenvalue weighted by atomic mass is 32.2. The van der Waals surface area contributed by atoms with Crippen LogP contribution in [-0.2, 0) is 21.2 Å². The smallest absolute Gasteiger partial charge is 0.243 e. The van der Waals surface area contributed by atoms with Gasteiger partial charge in [-0.2, -0.15) is 4.31 Å². The molecule has 0 unspecified atom stereocenters. The SMILES string of the molecule is Cc1ccc(C)c(S(=O)(=O)N2CCC(C(=O)N3CCc4ccccc43)CC2)c1. The van der Waals surface area contributed by atoms with E-state index >= 15 is 0 Å². The molecule has 0 aromatic heterocycles. The minimum Gasteiger partial charge on any atom is -0.312 e. The molecule has 2 heterocycles. The van der Waals surface area contributed by atoms with Gasteiger partial charge >= 0.3 is 0 Å². The van der Waals surface area contributed by atoms with Crippen molar-refractivity contribution >= 4 is 21.6 Å². The number of aryl methyl sites for hydroxylation is 2. The molecule has 4 rings (SSSR count). The minimum absolute atomic E-state index is 0.115. The van der Waals surface area contributed by atoms with Gasteiger partial charge in [-0.3, -0.25) is 4.79 Å². The molecular formula is C22H26N2O3S. The number of fused-ring (bicyclic) bond motifs is 1. The number of rotatable bonds is 3. The number of piperidine rings is 1. The lowest BCUT2D eigenvalue weighted by molar-refractivity contribution is -0.123. The number of benzene rings is 2. The lowest BCUT2D eigenvalue weighted by Gasteiger charge is -2.33. The average Bonchev–Trinajstić information content (AvgIpc) is 3.13. The van der Waals surface area contributed by atoms with Crippen molar-refractivity contribution in [3.8, 4) is 0 Å². The van der Waals surface area contributed by atoms with Crippen LogP contribution in [0.2, 0.25) is 0 Å². The third-order valence-corrected chi connectivity index (χ3v) is 7.96. The van der Waals surface area contributed by atoms with E-state index in [1.807, 2.05) is 49.1 Å². The molecule has 0 atom stereocenters. The first-order valence-corrected chi connectivity index (χ1v) is 11.3. The summed E-state index contributed by atoms with van der Waals surface area (Å²) in [5, 5.41) is 0. The molecule has 2 aliphatic heterocycles. The summed E-state index contributed by atoms with van der Waals surface area (Å²) in [6.07, 6.45) is 2.03. The summed E-state index contributed by atoms with van der Waals surface area (Å²) in [4.78, 5) is 15.3. The van der Waals surface area contributed by atoms with Crippen LogP contribution in [-0.4, -0.2) is 38.3 Å². The molecule has 148 valence electrons. The first kappa shape index (κ1) is 19.2. The minimum atomic E-state index is -3.52. The van der Waals surface area contributed by atoms with E-state index in [0.717, 1.165) is 29.8 Å². The maximum Gasteiger partial charge on any atom is 0.243 e. The Balaban J connectivity index is 1.46. The summed E-state index contributed by atoms with van der Waals surface area (Å²) in [5.74, 6) is 0.0185. The number of sulfonamides is 1. The van der Waals surface area contributed by atoms with Gasteiger partial charge in [-0.25, -0.2) is 8.42 Å². The van der Waals surface area contributed by atoms with Crippen LogP contribution in [0.3, 0.4) is 0 Å². The van der Waals surface area contributed by atoms with Gasteiger partial charge in [0.1, 0.15) is 0 Å². The Morgan fingerprint density at radius 1 is 1.00 bits per heavy atom. The Bertz CT molecular complexity index is 1010. The number of para-hydroxylation sites is 1. The molecule has 0 N–H and O–H groups in total. The van der Waals surface area contributed by atoms with E-state index in [-0.39, 0.29) is 11.8 Å². The Hall–Kier alpha value is -2.18. The largest absolute Gasteiger partial charge is 0.312 e. The average molecular weight is 399 g/mol. The highest BCUT2D eigenvalue weighted by Crippen LogP contribution is 2.32. The number of hydrogen-bond acceptors (Lipinski definition) is 3. The van der Waals surface area contributed by atoms with Crippen LogP contribution in [0.15, 0.2) is 47.4 Å². The maximum atomic E-state index is 13.1. The first-order valence-electron chi connectivity index (χ1n) is 9.84. The molecule has 28 heavy (non-hydrogen) atoms. The van der Waals surface area contributed by atoms with Gasteiger partial charge in [0.2, 0.25) is 15.9 Å². The van der Waals surface area contributed by atoms with Crippen molar-refractivity contribution in [3.05, 3.63) is 59.2 Å². The molecular weight excluding hydrogens is 372 g/mol. The quantitative estimate of drug-likeness (QED) is 0.797. The molecule has 0 aliphatic carbocycles. The second kappa shape index (κ2) is 7.33. The van der Waals surface area contributed by atoms with Crippen LogP contribution in [0.4, 0.5) is 5.69 Å². The summed E-state index contributed by atoms with van der Waals surface area (Å²) in [6.45, 7) is 5.23. The molecule has 2 aromatic carbocycles. The van der Waals surface area contributed by atoms with Gasteiger partial charge in [0.15, 0.2) is 0 Å². The molecule has 2 aliphatic rings. The van der Waals surface area contributed by atoms with Crippen LogP contribution >= 0.6 is 0 Å². The predicted octanol–water partition coefficient (Wildman–Crippen LogP) is 3.29. The fourth-order valence-electron chi connectivity index (χ4n) is 4.25. The molecule has 5 nitrogen and oxygen atoms in total. The highest BCUT2D eigenvalue weighted by molar-refractivity contribution is 7.89. The molecule has 1 fully saturated rings. The van der Waals surface area contributed by atoms with Crippen LogP contribution in [0.1, 0.15) is 29.5 Å². The Morgan fingerprint density at radius 3 is 2.46 bits per heavy atom. The second-order valence-electron chi connectivity index (χ2n) is 7.82. The molecule has 0 radical (unpaired) electrons. The summed E-state index contributed by atoms with van der Waals surface area (Å²) in [5.41, 5.74) is 3.92. The van der Waals surface area contributed by atoms with Gasteiger partial charge in [-0.15, -0.1) is 0 Å². The van der Waals surface area contributed by atoms with Gasteiger partial charge in [-0.05, 0) is 61.9 Å². The molecule has 0 bridgehead atoms. The molecule has 0 saturated carbocycles. The molecule has 1 amide bonds. The van der Waals surface area contributed by atoms with E-state index in [4.69, 9.17) is 0 Å². The van der Waals surface area contributed by atoms with Gasteiger partial charge in [0.25, 0.3) is 0 Å². The van der Waals surface area contributed by atoms with Gasteiger partial charge < -0.3 is 4.90 Å². The molecule has 0 spiro atoms. The van der Waals surface area contributed by atoms with Crippen molar-refractivity contribution in [2.24, 2.45) is 5.92 Å². The number of amides is 1. The summed E-state index contributed by atoms with van der Waals surface area (Å²) >= 11 is 0. The van der Waals surface area contributed by atoms with Crippen molar-refractivity contribution in [1.29, 1.82) is 0 Å². The summed E-state index contributed by atoms with van der Waals surface area (Å²) in [7, 11) is -3.52. The zero-order valence-corrected chi connectivity index (χ0v) is 17.2. The van der Waals surface area contributed by atoms with Gasteiger partial charge in [0, 0.05) is 31.2 Å². The van der Waals surface area contributed by atoms with Gasteiger partial charge in [-0.1, -0.05) is 30.3 Å². The number of carbonyl (C=O) groups excluding carboxylic acids is 1. The van der Waals surface area contributed by atoms with E-state index in [2.05, 4.69) is 6.07 Å². The van der Waals surface area contributed by atoms with Crippen LogP contribution in [0, 0.1) is 19.8 Å². The van der Waals surface area contributed by atoms with Crippen molar-refractivity contribution in [2.75, 3.05) is 24.5 Å². The third-order valence-electron chi connectivity index (χ3n) is 5.92. The monoisotopic (exact) mass is 398 g/mol. The van der Waals surface area contributed by atoms with Crippen molar-refractivity contribution < 1.29 is 13.2 Å². The number of hydrogen-bond donors (Lipinski definition) is 0. The van der Waals surface area contributed by atoms with Crippen LogP contribution in [0.25, 0.3) is 0 Å². The summed E-state index contributed by atoms with van der Waals surface area (Å²) < 4.78 is 27.7. The summed E-state index contributed by atoms with van der Waals surface area (Å²) in [6, 6.07) is 13.6. The molecule has 2 aromatic rings. The first-order chi connectivity index (χ1) is 13.4. The maximum absolute atomic E-state index is 13.1. The third kappa shape index (κ3) is 3.35. The Kier molecular flexibility index (Phi) is 5.02.